The minimum atomic E-state index is -3.33. The van der Waals surface area contributed by atoms with Gasteiger partial charge in [-0.25, -0.2) is 13.1 Å². The van der Waals surface area contributed by atoms with Crippen LogP contribution in [0.1, 0.15) is 60.3 Å². The first kappa shape index (κ1) is 25.0. The molecule has 2 aliphatic rings. The molecule has 1 heterocycles. The van der Waals surface area contributed by atoms with Crippen molar-refractivity contribution in [3.05, 3.63) is 24.3 Å². The van der Waals surface area contributed by atoms with Gasteiger partial charge in [0.25, 0.3) is 0 Å². The van der Waals surface area contributed by atoms with E-state index in [-0.39, 0.29) is 30.0 Å². The van der Waals surface area contributed by atoms with Gasteiger partial charge >= 0.3 is 0 Å². The zero-order valence-electron chi connectivity index (χ0n) is 20.1. The first-order valence-corrected chi connectivity index (χ1v) is 13.2. The molecule has 0 bridgehead atoms. The molecule has 2 N–H and O–H groups in total. The maximum atomic E-state index is 12.7. The van der Waals surface area contributed by atoms with Crippen molar-refractivity contribution in [2.24, 2.45) is 11.8 Å². The van der Waals surface area contributed by atoms with Crippen LogP contribution in [0.25, 0.3) is 0 Å². The Bertz CT molecular complexity index is 862. The van der Waals surface area contributed by atoms with Crippen LogP contribution in [-0.2, 0) is 19.6 Å². The number of amides is 1. The molecule has 0 aromatic heterocycles. The first-order valence-electron chi connectivity index (χ1n) is 11.7. The summed E-state index contributed by atoms with van der Waals surface area (Å²) in [6.07, 6.45) is 3.70. The van der Waals surface area contributed by atoms with Crippen LogP contribution in [0.15, 0.2) is 24.3 Å². The Hall–Kier alpha value is -1.64. The molecule has 8 heteroatoms. The lowest BCUT2D eigenvalue weighted by atomic mass is 9.81. The summed E-state index contributed by atoms with van der Waals surface area (Å²) in [7, 11) is -3.33. The van der Waals surface area contributed by atoms with Gasteiger partial charge in [0.2, 0.25) is 15.9 Å². The average molecular weight is 466 g/mol. The fourth-order valence-electron chi connectivity index (χ4n) is 4.46. The minimum Gasteiger partial charge on any atom is -0.372 e. The van der Waals surface area contributed by atoms with Gasteiger partial charge in [0.05, 0.1) is 17.0 Å². The summed E-state index contributed by atoms with van der Waals surface area (Å²) in [6.45, 7) is 11.5. The van der Waals surface area contributed by atoms with Crippen molar-refractivity contribution < 1.29 is 17.9 Å². The van der Waals surface area contributed by atoms with Crippen molar-refractivity contribution in [2.45, 2.75) is 77.3 Å². The SMILES string of the molecule is C[C@@H]1CN(c2ccc(NC(=O)C3CCC(CNS(=O)(=O)C(C)(C)C)CC3)cc2)C[C@H](C)O1. The number of nitrogens with one attached hydrogen (secondary N) is 2. The van der Waals surface area contributed by atoms with Gasteiger partial charge in [0.15, 0.2) is 0 Å². The normalized spacial score (nSPS) is 27.2. The Labute approximate surface area is 193 Å². The third kappa shape index (κ3) is 6.45. The molecule has 2 atom stereocenters. The number of ether oxygens (including phenoxy) is 1. The fourth-order valence-corrected chi connectivity index (χ4v) is 5.35. The molecule has 1 saturated carbocycles. The monoisotopic (exact) mass is 465 g/mol. The van der Waals surface area contributed by atoms with Crippen molar-refractivity contribution in [3.63, 3.8) is 0 Å². The standard InChI is InChI=1S/C24H39N3O4S/c1-17-15-27(16-18(2)31-17)22-12-10-21(11-13-22)26-23(28)20-8-6-19(7-9-20)14-25-32(29,30)24(3,4)5/h10-13,17-20,25H,6-9,14-16H2,1-5H3,(H,26,28)/t17-,18+,19?,20?. The van der Waals surface area contributed by atoms with Gasteiger partial charge in [0.1, 0.15) is 0 Å². The predicted molar refractivity (Wildman–Crippen MR) is 129 cm³/mol. The number of morpholine rings is 1. The van der Waals surface area contributed by atoms with E-state index in [0.717, 1.165) is 50.1 Å². The topological polar surface area (TPSA) is 87.7 Å². The van der Waals surface area contributed by atoms with Gasteiger partial charge in [-0.2, -0.15) is 0 Å². The summed E-state index contributed by atoms with van der Waals surface area (Å²) in [5.74, 6) is 0.319. The van der Waals surface area contributed by atoms with Gasteiger partial charge in [-0.05, 0) is 90.5 Å². The largest absolute Gasteiger partial charge is 0.372 e. The molecule has 0 radical (unpaired) electrons. The Balaban J connectivity index is 1.46. The highest BCUT2D eigenvalue weighted by Gasteiger charge is 2.31. The first-order chi connectivity index (χ1) is 14.9. The summed E-state index contributed by atoms with van der Waals surface area (Å²) in [5.41, 5.74) is 1.95. The zero-order chi connectivity index (χ0) is 23.5. The Morgan fingerprint density at radius 1 is 1.03 bits per heavy atom. The van der Waals surface area contributed by atoms with Crippen molar-refractivity contribution in [1.29, 1.82) is 0 Å². The van der Waals surface area contributed by atoms with E-state index in [1.807, 2.05) is 12.1 Å². The summed E-state index contributed by atoms with van der Waals surface area (Å²) in [4.78, 5) is 15.1. The highest BCUT2D eigenvalue weighted by Crippen LogP contribution is 2.30. The van der Waals surface area contributed by atoms with Crippen molar-refractivity contribution in [2.75, 3.05) is 29.9 Å². The van der Waals surface area contributed by atoms with Crippen LogP contribution in [0.5, 0.6) is 0 Å². The van der Waals surface area contributed by atoms with E-state index in [1.165, 1.54) is 0 Å². The summed E-state index contributed by atoms with van der Waals surface area (Å²) in [6, 6.07) is 8.03. The molecular weight excluding hydrogens is 426 g/mol. The molecule has 1 aliphatic heterocycles. The molecule has 1 amide bonds. The molecule has 180 valence electrons. The van der Waals surface area contributed by atoms with E-state index in [9.17, 15) is 13.2 Å². The van der Waals surface area contributed by atoms with Gasteiger partial charge in [0, 0.05) is 36.9 Å². The van der Waals surface area contributed by atoms with Crippen molar-refractivity contribution in [1.82, 2.24) is 4.72 Å². The lowest BCUT2D eigenvalue weighted by Crippen LogP contribution is -2.45. The second-order valence-corrected chi connectivity index (χ2v) is 12.9. The number of rotatable bonds is 6. The molecule has 1 aromatic rings. The number of benzene rings is 1. The van der Waals surface area contributed by atoms with E-state index >= 15 is 0 Å². The second-order valence-electron chi connectivity index (χ2n) is 10.4. The number of hydrogen-bond donors (Lipinski definition) is 2. The Morgan fingerprint density at radius 3 is 2.12 bits per heavy atom. The number of nitrogens with zero attached hydrogens (tertiary/aromatic N) is 1. The molecule has 3 rings (SSSR count). The van der Waals surface area contributed by atoms with Gasteiger partial charge < -0.3 is 15.0 Å². The van der Waals surface area contributed by atoms with E-state index in [2.05, 4.69) is 40.9 Å². The van der Waals surface area contributed by atoms with Crippen LogP contribution in [-0.4, -0.2) is 50.9 Å². The third-order valence-corrected chi connectivity index (χ3v) is 8.66. The van der Waals surface area contributed by atoms with Crippen LogP contribution < -0.4 is 14.9 Å². The van der Waals surface area contributed by atoms with Crippen LogP contribution in [0.3, 0.4) is 0 Å². The highest BCUT2D eigenvalue weighted by molar-refractivity contribution is 7.90. The Kier molecular flexibility index (Phi) is 7.89. The average Bonchev–Trinajstić information content (AvgIpc) is 2.71. The molecule has 1 saturated heterocycles. The van der Waals surface area contributed by atoms with Gasteiger partial charge in [-0.1, -0.05) is 0 Å². The fraction of sp³-hybridized carbons (Fsp3) is 0.708. The number of hydrogen-bond acceptors (Lipinski definition) is 5. The Morgan fingerprint density at radius 2 is 1.59 bits per heavy atom. The maximum Gasteiger partial charge on any atom is 0.227 e. The molecule has 32 heavy (non-hydrogen) atoms. The van der Waals surface area contributed by atoms with E-state index in [0.29, 0.717) is 6.54 Å². The van der Waals surface area contributed by atoms with E-state index < -0.39 is 14.8 Å². The number of carbonyl (C=O) groups excluding carboxylic acids is 1. The molecule has 2 fully saturated rings. The molecule has 1 aliphatic carbocycles. The second kappa shape index (κ2) is 10.1. The van der Waals surface area contributed by atoms with Gasteiger partial charge in [-0.15, -0.1) is 0 Å². The van der Waals surface area contributed by atoms with E-state index in [1.54, 1.807) is 20.8 Å². The number of sulfonamides is 1. The maximum absolute atomic E-state index is 12.7. The lowest BCUT2D eigenvalue weighted by Gasteiger charge is -2.36. The predicted octanol–water partition coefficient (Wildman–Crippen LogP) is 3.76. The summed E-state index contributed by atoms with van der Waals surface area (Å²) in [5, 5.41) is 3.06. The quantitative estimate of drug-likeness (QED) is 0.668. The van der Waals surface area contributed by atoms with Gasteiger partial charge in [-0.3, -0.25) is 4.79 Å². The van der Waals surface area contributed by atoms with E-state index in [4.69, 9.17) is 4.74 Å². The van der Waals surface area contributed by atoms with Crippen LogP contribution >= 0.6 is 0 Å². The van der Waals surface area contributed by atoms with Crippen molar-refractivity contribution >= 4 is 27.3 Å². The zero-order valence-corrected chi connectivity index (χ0v) is 20.9. The molecule has 0 spiro atoms. The van der Waals surface area contributed by atoms with Crippen LogP contribution in [0.4, 0.5) is 11.4 Å². The molecule has 0 unspecified atom stereocenters. The highest BCUT2D eigenvalue weighted by atomic mass is 32.2. The third-order valence-electron chi connectivity index (χ3n) is 6.51. The number of anilines is 2. The minimum absolute atomic E-state index is 0.0221. The molecule has 7 nitrogen and oxygen atoms in total. The van der Waals surface area contributed by atoms with Crippen LogP contribution in [0.2, 0.25) is 0 Å². The van der Waals surface area contributed by atoms with Crippen molar-refractivity contribution in [3.8, 4) is 0 Å². The summed E-state index contributed by atoms with van der Waals surface area (Å²) < 4.78 is 32.2. The number of carbonyl (C=O) groups is 1. The molecule has 1 aromatic carbocycles. The lowest BCUT2D eigenvalue weighted by molar-refractivity contribution is -0.121. The summed E-state index contributed by atoms with van der Waals surface area (Å²) >= 11 is 0. The van der Waals surface area contributed by atoms with Crippen LogP contribution in [0, 0.1) is 11.8 Å². The smallest absolute Gasteiger partial charge is 0.227 e. The molecular formula is C24H39N3O4S.